The normalized spacial score (nSPS) is 16.8. The molecule has 28 heavy (non-hydrogen) atoms. The SMILES string of the molecule is CC(=O)Cc1c(F)ccc([N+](=O)[O-])c1N1CCC[C@H]1CNC(=O)OC(C)(C)C. The zero-order chi connectivity index (χ0) is 21.1. The van der Waals surface area contributed by atoms with Crippen molar-refractivity contribution < 1.29 is 23.6 Å². The summed E-state index contributed by atoms with van der Waals surface area (Å²) >= 11 is 0. The van der Waals surface area contributed by atoms with E-state index in [1.165, 1.54) is 6.92 Å². The Hall–Kier alpha value is -2.71. The minimum atomic E-state index is -0.651. The Morgan fingerprint density at radius 3 is 2.64 bits per heavy atom. The smallest absolute Gasteiger partial charge is 0.407 e. The van der Waals surface area contributed by atoms with Gasteiger partial charge in [0, 0.05) is 37.2 Å². The van der Waals surface area contributed by atoms with Crippen LogP contribution in [0, 0.1) is 15.9 Å². The second kappa shape index (κ2) is 8.53. The van der Waals surface area contributed by atoms with Crippen LogP contribution in [0.2, 0.25) is 0 Å². The number of hydrogen-bond acceptors (Lipinski definition) is 6. The van der Waals surface area contributed by atoms with E-state index in [1.54, 1.807) is 25.7 Å². The van der Waals surface area contributed by atoms with Crippen molar-refractivity contribution in [2.24, 2.45) is 0 Å². The van der Waals surface area contributed by atoms with Crippen molar-refractivity contribution in [1.82, 2.24) is 5.32 Å². The summed E-state index contributed by atoms with van der Waals surface area (Å²) < 4.78 is 19.7. The Morgan fingerprint density at radius 2 is 2.07 bits per heavy atom. The van der Waals surface area contributed by atoms with E-state index in [-0.39, 0.29) is 41.7 Å². The predicted octanol–water partition coefficient (Wildman–Crippen LogP) is 3.36. The molecule has 154 valence electrons. The Morgan fingerprint density at radius 1 is 1.39 bits per heavy atom. The number of carbonyl (C=O) groups is 2. The molecule has 1 amide bonds. The summed E-state index contributed by atoms with van der Waals surface area (Å²) in [4.78, 5) is 36.2. The highest BCUT2D eigenvalue weighted by Crippen LogP contribution is 2.38. The molecule has 1 atom stereocenters. The largest absolute Gasteiger partial charge is 0.444 e. The lowest BCUT2D eigenvalue weighted by Gasteiger charge is -2.29. The van der Waals surface area contributed by atoms with Gasteiger partial charge in [-0.25, -0.2) is 9.18 Å². The fourth-order valence-electron chi connectivity index (χ4n) is 3.34. The number of ketones is 1. The molecule has 1 heterocycles. The van der Waals surface area contributed by atoms with Crippen LogP contribution >= 0.6 is 0 Å². The summed E-state index contributed by atoms with van der Waals surface area (Å²) in [7, 11) is 0. The number of carbonyl (C=O) groups excluding carboxylic acids is 2. The molecular formula is C19H26FN3O5. The summed E-state index contributed by atoms with van der Waals surface area (Å²) in [5.74, 6) is -0.940. The van der Waals surface area contributed by atoms with Gasteiger partial charge in [0.25, 0.3) is 5.69 Å². The number of nitrogens with one attached hydrogen (secondary N) is 1. The molecule has 2 rings (SSSR count). The monoisotopic (exact) mass is 395 g/mol. The van der Waals surface area contributed by atoms with E-state index < -0.39 is 22.4 Å². The molecule has 9 heteroatoms. The maximum atomic E-state index is 14.4. The molecule has 0 unspecified atom stereocenters. The van der Waals surface area contributed by atoms with Gasteiger partial charge < -0.3 is 15.0 Å². The molecule has 1 aromatic carbocycles. The van der Waals surface area contributed by atoms with Gasteiger partial charge in [0.05, 0.1) is 4.92 Å². The highest BCUT2D eigenvalue weighted by Gasteiger charge is 2.34. The van der Waals surface area contributed by atoms with Gasteiger partial charge in [0.2, 0.25) is 0 Å². The molecule has 0 spiro atoms. The van der Waals surface area contributed by atoms with Crippen LogP contribution in [-0.2, 0) is 16.0 Å². The van der Waals surface area contributed by atoms with E-state index in [0.29, 0.717) is 13.0 Å². The summed E-state index contributed by atoms with van der Waals surface area (Å²) in [6.07, 6.45) is 0.583. The minimum Gasteiger partial charge on any atom is -0.444 e. The molecule has 0 aromatic heterocycles. The number of amides is 1. The van der Waals surface area contributed by atoms with Crippen LogP contribution < -0.4 is 10.2 Å². The fourth-order valence-corrected chi connectivity index (χ4v) is 3.34. The van der Waals surface area contributed by atoms with Crippen LogP contribution in [0.3, 0.4) is 0 Å². The summed E-state index contributed by atoms with van der Waals surface area (Å²) in [6, 6.07) is 1.87. The molecule has 0 radical (unpaired) electrons. The van der Waals surface area contributed by atoms with Gasteiger partial charge in [-0.2, -0.15) is 0 Å². The first-order valence-corrected chi connectivity index (χ1v) is 9.18. The topological polar surface area (TPSA) is 102 Å². The number of nitrogens with zero attached hydrogens (tertiary/aromatic N) is 2. The third-order valence-electron chi connectivity index (χ3n) is 4.37. The minimum absolute atomic E-state index is 0.0193. The molecule has 1 aromatic rings. The molecule has 0 aliphatic carbocycles. The Labute approximate surface area is 163 Å². The van der Waals surface area contributed by atoms with E-state index in [1.807, 2.05) is 0 Å². The first kappa shape index (κ1) is 21.6. The van der Waals surface area contributed by atoms with Crippen molar-refractivity contribution in [1.29, 1.82) is 0 Å². The Balaban J connectivity index is 2.31. The van der Waals surface area contributed by atoms with Crippen molar-refractivity contribution in [3.05, 3.63) is 33.6 Å². The number of Topliss-reactive ketones (excluding diaryl/α,β-unsaturated/α-hetero) is 1. The first-order valence-electron chi connectivity index (χ1n) is 9.18. The van der Waals surface area contributed by atoms with E-state index in [9.17, 15) is 24.1 Å². The number of halogens is 1. The molecular weight excluding hydrogens is 369 g/mol. The number of ether oxygens (including phenoxy) is 1. The van der Waals surface area contributed by atoms with Gasteiger partial charge >= 0.3 is 6.09 Å². The van der Waals surface area contributed by atoms with E-state index >= 15 is 0 Å². The quantitative estimate of drug-likeness (QED) is 0.585. The van der Waals surface area contributed by atoms with Crippen molar-refractivity contribution >= 4 is 23.3 Å². The van der Waals surface area contributed by atoms with Gasteiger partial charge in [-0.1, -0.05) is 0 Å². The number of alkyl carbamates (subject to hydrolysis) is 1. The molecule has 8 nitrogen and oxygen atoms in total. The highest BCUT2D eigenvalue weighted by atomic mass is 19.1. The lowest BCUT2D eigenvalue weighted by Crippen LogP contribution is -2.42. The summed E-state index contributed by atoms with van der Waals surface area (Å²) in [5, 5.41) is 14.2. The number of benzene rings is 1. The van der Waals surface area contributed by atoms with Crippen LogP contribution in [0.5, 0.6) is 0 Å². The lowest BCUT2D eigenvalue weighted by atomic mass is 10.0. The van der Waals surface area contributed by atoms with Gasteiger partial charge in [-0.05, 0) is 46.6 Å². The van der Waals surface area contributed by atoms with Crippen molar-refractivity contribution in [2.45, 2.75) is 58.6 Å². The molecule has 1 aliphatic rings. The lowest BCUT2D eigenvalue weighted by molar-refractivity contribution is -0.384. The Bertz CT molecular complexity index is 776. The van der Waals surface area contributed by atoms with E-state index in [0.717, 1.165) is 18.6 Å². The zero-order valence-electron chi connectivity index (χ0n) is 16.6. The predicted molar refractivity (Wildman–Crippen MR) is 102 cm³/mol. The highest BCUT2D eigenvalue weighted by molar-refractivity contribution is 5.82. The van der Waals surface area contributed by atoms with Crippen molar-refractivity contribution in [3.8, 4) is 0 Å². The number of rotatable bonds is 6. The maximum absolute atomic E-state index is 14.4. The average molecular weight is 395 g/mol. The fraction of sp³-hybridized carbons (Fsp3) is 0.579. The van der Waals surface area contributed by atoms with E-state index in [2.05, 4.69) is 5.32 Å². The first-order chi connectivity index (χ1) is 13.0. The zero-order valence-corrected chi connectivity index (χ0v) is 16.6. The van der Waals surface area contributed by atoms with Gasteiger partial charge in [-0.15, -0.1) is 0 Å². The van der Waals surface area contributed by atoms with Crippen LogP contribution in [0.25, 0.3) is 0 Å². The Kier molecular flexibility index (Phi) is 6.58. The molecule has 0 bridgehead atoms. The number of nitro groups is 1. The van der Waals surface area contributed by atoms with Crippen LogP contribution in [0.1, 0.15) is 46.1 Å². The molecule has 1 fully saturated rings. The third-order valence-corrected chi connectivity index (χ3v) is 4.37. The molecule has 0 saturated carbocycles. The maximum Gasteiger partial charge on any atom is 0.407 e. The van der Waals surface area contributed by atoms with Crippen LogP contribution in [0.4, 0.5) is 20.6 Å². The number of anilines is 1. The van der Waals surface area contributed by atoms with Crippen molar-refractivity contribution in [3.63, 3.8) is 0 Å². The standard InChI is InChI=1S/C19H26FN3O5/c1-12(24)10-14-15(20)7-8-16(23(26)27)17(14)22-9-5-6-13(22)11-21-18(25)28-19(2,3)4/h7-8,13H,5-6,9-11H2,1-4H3,(H,21,25)/t13-/m0/s1. The van der Waals surface area contributed by atoms with E-state index in [4.69, 9.17) is 4.74 Å². The average Bonchev–Trinajstić information content (AvgIpc) is 3.00. The van der Waals surface area contributed by atoms with Crippen LogP contribution in [-0.4, -0.2) is 41.5 Å². The second-order valence-electron chi connectivity index (χ2n) is 7.90. The summed E-state index contributed by atoms with van der Waals surface area (Å²) in [5.41, 5.74) is -0.753. The number of nitro benzene ring substituents is 1. The molecule has 1 aliphatic heterocycles. The third kappa shape index (κ3) is 5.40. The van der Waals surface area contributed by atoms with Gasteiger partial charge in [0.1, 0.15) is 22.9 Å². The molecule has 1 N–H and O–H groups in total. The number of hydrogen-bond donors (Lipinski definition) is 1. The second-order valence-corrected chi connectivity index (χ2v) is 7.90. The van der Waals surface area contributed by atoms with Gasteiger partial charge in [0.15, 0.2) is 0 Å². The van der Waals surface area contributed by atoms with Crippen LogP contribution in [0.15, 0.2) is 12.1 Å². The summed E-state index contributed by atoms with van der Waals surface area (Å²) in [6.45, 7) is 7.22. The van der Waals surface area contributed by atoms with Crippen molar-refractivity contribution in [2.75, 3.05) is 18.0 Å². The molecule has 1 saturated heterocycles. The van der Waals surface area contributed by atoms with Gasteiger partial charge in [-0.3, -0.25) is 14.9 Å².